The van der Waals surface area contributed by atoms with Crippen LogP contribution in [0.3, 0.4) is 0 Å². The maximum atomic E-state index is 13.0. The number of methoxy groups -OCH3 is 1. The van der Waals surface area contributed by atoms with E-state index >= 15 is 0 Å². The summed E-state index contributed by atoms with van der Waals surface area (Å²) in [5.74, 6) is 0.380. The van der Waals surface area contributed by atoms with E-state index in [4.69, 9.17) is 10.5 Å². The van der Waals surface area contributed by atoms with Crippen LogP contribution in [0.15, 0.2) is 18.2 Å². The Morgan fingerprint density at radius 1 is 1.56 bits per heavy atom. The summed E-state index contributed by atoms with van der Waals surface area (Å²) in [6.45, 7) is 0.576. The molecule has 1 aromatic heterocycles. The Labute approximate surface area is 92.6 Å². The van der Waals surface area contributed by atoms with Crippen LogP contribution in [0, 0.1) is 5.82 Å². The van der Waals surface area contributed by atoms with Gasteiger partial charge in [0.25, 0.3) is 0 Å². The molecule has 5 heteroatoms. The number of nitrogens with one attached hydrogen (secondary N) is 1. The first-order chi connectivity index (χ1) is 7.70. The number of hydrogen-bond donors (Lipinski definition) is 2. The molecule has 0 aliphatic carbocycles. The molecule has 0 aliphatic rings. The van der Waals surface area contributed by atoms with Crippen molar-refractivity contribution in [2.45, 2.75) is 12.5 Å². The maximum Gasteiger partial charge on any atom is 0.125 e. The highest BCUT2D eigenvalue weighted by Gasteiger charge is 2.11. The zero-order chi connectivity index (χ0) is 11.5. The topological polar surface area (TPSA) is 63.9 Å². The van der Waals surface area contributed by atoms with E-state index < -0.39 is 0 Å². The van der Waals surface area contributed by atoms with E-state index in [9.17, 15) is 4.39 Å². The first kappa shape index (κ1) is 11.0. The number of aromatic nitrogens is 2. The van der Waals surface area contributed by atoms with Crippen LogP contribution in [-0.2, 0) is 4.74 Å². The van der Waals surface area contributed by atoms with Gasteiger partial charge in [-0.05, 0) is 24.6 Å². The van der Waals surface area contributed by atoms with Crippen molar-refractivity contribution < 1.29 is 9.13 Å². The highest BCUT2D eigenvalue weighted by molar-refractivity contribution is 5.75. The van der Waals surface area contributed by atoms with Gasteiger partial charge >= 0.3 is 0 Å². The van der Waals surface area contributed by atoms with E-state index in [0.717, 1.165) is 5.52 Å². The lowest BCUT2D eigenvalue weighted by Gasteiger charge is -2.06. The molecule has 0 amide bonds. The second-order valence-corrected chi connectivity index (χ2v) is 3.67. The molecule has 0 aliphatic heterocycles. The second-order valence-electron chi connectivity index (χ2n) is 3.67. The van der Waals surface area contributed by atoms with Gasteiger partial charge in [0, 0.05) is 13.7 Å². The fourth-order valence-electron chi connectivity index (χ4n) is 1.56. The molecule has 0 spiro atoms. The standard InChI is InChI=1S/C11H14FN3O/c1-16-5-4-8(13)11-14-9-3-2-7(12)6-10(9)15-11/h2-3,6,8H,4-5,13H2,1H3,(H,14,15). The number of nitrogens with zero attached hydrogens (tertiary/aromatic N) is 1. The number of imidazole rings is 1. The van der Waals surface area contributed by atoms with E-state index in [1.807, 2.05) is 0 Å². The van der Waals surface area contributed by atoms with Crippen molar-refractivity contribution in [3.05, 3.63) is 29.8 Å². The van der Waals surface area contributed by atoms with Gasteiger partial charge in [-0.2, -0.15) is 0 Å². The smallest absolute Gasteiger partial charge is 0.125 e. The molecule has 1 aromatic carbocycles. The summed E-state index contributed by atoms with van der Waals surface area (Å²) in [4.78, 5) is 7.32. The molecule has 86 valence electrons. The van der Waals surface area contributed by atoms with Gasteiger partial charge < -0.3 is 15.5 Å². The first-order valence-corrected chi connectivity index (χ1v) is 5.10. The molecule has 3 N–H and O–H groups in total. The Morgan fingerprint density at radius 3 is 3.12 bits per heavy atom. The molecule has 1 atom stereocenters. The van der Waals surface area contributed by atoms with Gasteiger partial charge in [0.2, 0.25) is 0 Å². The molecular weight excluding hydrogens is 209 g/mol. The molecule has 1 heterocycles. The summed E-state index contributed by atoms with van der Waals surface area (Å²) in [5, 5.41) is 0. The van der Waals surface area contributed by atoms with Crippen LogP contribution in [0.2, 0.25) is 0 Å². The predicted molar refractivity (Wildman–Crippen MR) is 59.5 cm³/mol. The van der Waals surface area contributed by atoms with E-state index in [1.54, 1.807) is 13.2 Å². The van der Waals surface area contributed by atoms with Crippen LogP contribution in [0.5, 0.6) is 0 Å². The molecule has 0 saturated heterocycles. The third kappa shape index (κ3) is 2.20. The van der Waals surface area contributed by atoms with E-state index in [0.29, 0.717) is 24.4 Å². The van der Waals surface area contributed by atoms with Crippen molar-refractivity contribution in [1.29, 1.82) is 0 Å². The zero-order valence-electron chi connectivity index (χ0n) is 9.03. The van der Waals surface area contributed by atoms with Crippen LogP contribution in [0.1, 0.15) is 18.3 Å². The van der Waals surface area contributed by atoms with Crippen LogP contribution >= 0.6 is 0 Å². The van der Waals surface area contributed by atoms with Gasteiger partial charge in [0.15, 0.2) is 0 Å². The number of benzene rings is 1. The van der Waals surface area contributed by atoms with Crippen LogP contribution in [-0.4, -0.2) is 23.7 Å². The lowest BCUT2D eigenvalue weighted by molar-refractivity contribution is 0.187. The van der Waals surface area contributed by atoms with Crippen LogP contribution < -0.4 is 5.73 Å². The largest absolute Gasteiger partial charge is 0.385 e. The number of fused-ring (bicyclic) bond motifs is 1. The molecule has 2 rings (SSSR count). The monoisotopic (exact) mass is 223 g/mol. The van der Waals surface area contributed by atoms with Gasteiger partial charge in [0.05, 0.1) is 17.1 Å². The fraction of sp³-hybridized carbons (Fsp3) is 0.364. The van der Waals surface area contributed by atoms with Gasteiger partial charge in [0.1, 0.15) is 11.6 Å². The number of hydrogen-bond acceptors (Lipinski definition) is 3. The average Bonchev–Trinajstić information content (AvgIpc) is 2.68. The lowest BCUT2D eigenvalue weighted by Crippen LogP contribution is -2.14. The number of ether oxygens (including phenoxy) is 1. The summed E-state index contributed by atoms with van der Waals surface area (Å²) in [6.07, 6.45) is 0.679. The highest BCUT2D eigenvalue weighted by Crippen LogP contribution is 2.17. The number of halogens is 1. The average molecular weight is 223 g/mol. The summed E-state index contributed by atoms with van der Waals surface area (Å²) in [7, 11) is 1.63. The maximum absolute atomic E-state index is 13.0. The summed E-state index contributed by atoms with van der Waals surface area (Å²) >= 11 is 0. The lowest BCUT2D eigenvalue weighted by atomic mass is 10.2. The van der Waals surface area contributed by atoms with E-state index in [-0.39, 0.29) is 11.9 Å². The number of nitrogens with two attached hydrogens (primary N) is 1. The van der Waals surface area contributed by atoms with Crippen molar-refractivity contribution in [2.24, 2.45) is 5.73 Å². The minimum absolute atomic E-state index is 0.213. The number of aromatic amines is 1. The van der Waals surface area contributed by atoms with Crippen molar-refractivity contribution in [3.8, 4) is 0 Å². The second kappa shape index (κ2) is 4.59. The van der Waals surface area contributed by atoms with Gasteiger partial charge in [-0.25, -0.2) is 9.37 Å². The Kier molecular flexibility index (Phi) is 3.17. The minimum Gasteiger partial charge on any atom is -0.385 e. The number of H-pyrrole nitrogens is 1. The molecule has 0 bridgehead atoms. The van der Waals surface area contributed by atoms with E-state index in [1.165, 1.54) is 12.1 Å². The Hall–Kier alpha value is -1.46. The SMILES string of the molecule is COCCC(N)c1nc2ccc(F)cc2[nH]1. The molecule has 2 aromatic rings. The van der Waals surface area contributed by atoms with Crippen molar-refractivity contribution >= 4 is 11.0 Å². The molecular formula is C11H14FN3O. The van der Waals surface area contributed by atoms with Crippen LogP contribution in [0.25, 0.3) is 11.0 Å². The highest BCUT2D eigenvalue weighted by atomic mass is 19.1. The molecule has 0 saturated carbocycles. The Bertz CT molecular complexity index is 483. The first-order valence-electron chi connectivity index (χ1n) is 5.10. The Balaban J connectivity index is 2.25. The van der Waals surface area contributed by atoms with Gasteiger partial charge in [-0.15, -0.1) is 0 Å². The summed E-state index contributed by atoms with van der Waals surface area (Å²) in [6, 6.07) is 4.21. The molecule has 0 radical (unpaired) electrons. The third-order valence-corrected chi connectivity index (χ3v) is 2.45. The van der Waals surface area contributed by atoms with Crippen molar-refractivity contribution in [3.63, 3.8) is 0 Å². The molecule has 16 heavy (non-hydrogen) atoms. The van der Waals surface area contributed by atoms with Crippen molar-refractivity contribution in [2.75, 3.05) is 13.7 Å². The Morgan fingerprint density at radius 2 is 2.38 bits per heavy atom. The quantitative estimate of drug-likeness (QED) is 0.829. The van der Waals surface area contributed by atoms with Gasteiger partial charge in [-0.3, -0.25) is 0 Å². The molecule has 0 fully saturated rings. The summed E-state index contributed by atoms with van der Waals surface area (Å²) in [5.41, 5.74) is 7.31. The fourth-order valence-corrected chi connectivity index (χ4v) is 1.56. The third-order valence-electron chi connectivity index (χ3n) is 2.45. The van der Waals surface area contributed by atoms with E-state index in [2.05, 4.69) is 9.97 Å². The molecule has 1 unspecified atom stereocenters. The van der Waals surface area contributed by atoms with Crippen molar-refractivity contribution in [1.82, 2.24) is 9.97 Å². The zero-order valence-corrected chi connectivity index (χ0v) is 9.03. The predicted octanol–water partition coefficient (Wildman–Crippen LogP) is 1.74. The number of rotatable bonds is 4. The van der Waals surface area contributed by atoms with Crippen LogP contribution in [0.4, 0.5) is 4.39 Å². The normalized spacial score (nSPS) is 13.2. The molecule has 4 nitrogen and oxygen atoms in total. The minimum atomic E-state index is -0.284. The van der Waals surface area contributed by atoms with Gasteiger partial charge in [-0.1, -0.05) is 0 Å². The summed E-state index contributed by atoms with van der Waals surface area (Å²) < 4.78 is 17.9.